The summed E-state index contributed by atoms with van der Waals surface area (Å²) in [5, 5.41) is 3.55. The van der Waals surface area contributed by atoms with E-state index in [1.165, 1.54) is 32.0 Å². The fraction of sp³-hybridized carbons (Fsp3) is 0.333. The number of aryl methyl sites for hydroxylation is 2. The molecule has 0 aliphatic carbocycles. The summed E-state index contributed by atoms with van der Waals surface area (Å²) in [5.41, 5.74) is 0.135. The molecule has 1 heterocycles. The number of carbonyl (C=O) groups is 1. The number of hydrogen-bond acceptors (Lipinski definition) is 6. The van der Waals surface area contributed by atoms with Crippen molar-refractivity contribution in [2.24, 2.45) is 0 Å². The summed E-state index contributed by atoms with van der Waals surface area (Å²) >= 11 is 0. The lowest BCUT2D eigenvalue weighted by Gasteiger charge is -2.17. The topological polar surface area (TPSA) is 98.5 Å². The predicted octanol–water partition coefficient (Wildman–Crippen LogP) is 2.09. The monoisotopic (exact) mass is 356 g/mol. The molecule has 0 bridgehead atoms. The van der Waals surface area contributed by atoms with E-state index in [1.807, 2.05) is 4.72 Å². The highest BCUT2D eigenvalue weighted by Crippen LogP contribution is 2.20. The second kappa shape index (κ2) is 7.00. The Morgan fingerprint density at radius 1 is 1.38 bits per heavy atom. The number of sulfonamides is 1. The highest BCUT2D eigenvalue weighted by atomic mass is 32.2. The summed E-state index contributed by atoms with van der Waals surface area (Å²) in [6.07, 6.45) is -1.02. The minimum Gasteiger partial charge on any atom is -0.478 e. The van der Waals surface area contributed by atoms with E-state index in [-0.39, 0.29) is 28.5 Å². The first-order valence-electron chi connectivity index (χ1n) is 7.17. The van der Waals surface area contributed by atoms with Crippen molar-refractivity contribution in [2.75, 3.05) is 0 Å². The number of hydrogen-bond donors (Lipinski definition) is 1. The molecule has 1 unspecified atom stereocenters. The average Bonchev–Trinajstić information content (AvgIpc) is 2.85. The third-order valence-electron chi connectivity index (χ3n) is 3.24. The zero-order chi connectivity index (χ0) is 17.9. The molecule has 0 fully saturated rings. The van der Waals surface area contributed by atoms with E-state index < -0.39 is 27.9 Å². The largest absolute Gasteiger partial charge is 0.478 e. The number of rotatable bonds is 6. The summed E-state index contributed by atoms with van der Waals surface area (Å²) < 4.78 is 50.3. The second-order valence-corrected chi connectivity index (χ2v) is 6.69. The molecule has 1 atom stereocenters. The van der Waals surface area contributed by atoms with Crippen LogP contribution in [0.2, 0.25) is 0 Å². The van der Waals surface area contributed by atoms with E-state index in [9.17, 15) is 17.6 Å². The third kappa shape index (κ3) is 3.73. The van der Waals surface area contributed by atoms with Gasteiger partial charge in [0, 0.05) is 0 Å². The Hall–Kier alpha value is -2.42. The highest BCUT2D eigenvalue weighted by molar-refractivity contribution is 7.90. The second-order valence-electron chi connectivity index (χ2n) is 5.07. The fourth-order valence-electron chi connectivity index (χ4n) is 2.12. The number of para-hydroxylation sites is 1. The molecule has 2 aromatic rings. The van der Waals surface area contributed by atoms with Crippen LogP contribution in [0.4, 0.5) is 4.39 Å². The van der Waals surface area contributed by atoms with Crippen LogP contribution in [0.3, 0.4) is 0 Å². The van der Waals surface area contributed by atoms with Gasteiger partial charge < -0.3 is 9.26 Å². The van der Waals surface area contributed by atoms with Gasteiger partial charge in [0.25, 0.3) is 15.9 Å². The number of halogens is 1. The molecule has 0 aliphatic heterocycles. The summed E-state index contributed by atoms with van der Waals surface area (Å²) in [4.78, 5) is 12.0. The van der Waals surface area contributed by atoms with Gasteiger partial charge >= 0.3 is 0 Å². The van der Waals surface area contributed by atoms with Gasteiger partial charge in [0.2, 0.25) is 0 Å². The van der Waals surface area contributed by atoms with Crippen molar-refractivity contribution < 1.29 is 26.9 Å². The maximum absolute atomic E-state index is 13.6. The number of amides is 1. The first-order chi connectivity index (χ1) is 11.3. The SMILES string of the molecule is CCC(Oc1ccccc1F)C(=O)NS(=O)(=O)c1c(C)noc1C. The predicted molar refractivity (Wildman–Crippen MR) is 82.4 cm³/mol. The Labute approximate surface area is 138 Å². The molecule has 1 N–H and O–H groups in total. The van der Waals surface area contributed by atoms with Crippen molar-refractivity contribution >= 4 is 15.9 Å². The van der Waals surface area contributed by atoms with Crippen molar-refractivity contribution in [3.05, 3.63) is 41.5 Å². The van der Waals surface area contributed by atoms with Crippen molar-refractivity contribution in [1.29, 1.82) is 0 Å². The molecule has 24 heavy (non-hydrogen) atoms. The lowest BCUT2D eigenvalue weighted by Crippen LogP contribution is -2.41. The molecule has 1 aromatic heterocycles. The lowest BCUT2D eigenvalue weighted by molar-refractivity contribution is -0.126. The molecule has 0 radical (unpaired) electrons. The molecule has 0 spiro atoms. The standard InChI is InChI=1S/C15H17FN2O5S/c1-4-12(22-13-8-6-5-7-11(13)16)15(19)18-24(20,21)14-9(2)17-23-10(14)3/h5-8,12H,4H2,1-3H3,(H,18,19). The van der Waals surface area contributed by atoms with Gasteiger partial charge in [-0.2, -0.15) is 0 Å². The van der Waals surface area contributed by atoms with Gasteiger partial charge in [0.05, 0.1) is 0 Å². The lowest BCUT2D eigenvalue weighted by atomic mass is 10.2. The van der Waals surface area contributed by atoms with Crippen LogP contribution >= 0.6 is 0 Å². The number of nitrogens with zero attached hydrogens (tertiary/aromatic N) is 1. The van der Waals surface area contributed by atoms with E-state index in [2.05, 4.69) is 5.16 Å². The normalized spacial score (nSPS) is 12.7. The van der Waals surface area contributed by atoms with Gasteiger partial charge in [0.15, 0.2) is 28.3 Å². The van der Waals surface area contributed by atoms with E-state index in [4.69, 9.17) is 9.26 Å². The molecule has 0 saturated heterocycles. The van der Waals surface area contributed by atoms with Crippen LogP contribution in [0.5, 0.6) is 5.75 Å². The molecule has 2 rings (SSSR count). The van der Waals surface area contributed by atoms with Crippen molar-refractivity contribution in [3.63, 3.8) is 0 Å². The van der Waals surface area contributed by atoms with E-state index in [0.717, 1.165) is 0 Å². The number of ether oxygens (including phenoxy) is 1. The fourth-order valence-corrected chi connectivity index (χ4v) is 3.46. The van der Waals surface area contributed by atoms with Crippen LogP contribution in [-0.4, -0.2) is 25.6 Å². The molecule has 9 heteroatoms. The molecule has 0 aliphatic rings. The Morgan fingerprint density at radius 3 is 2.58 bits per heavy atom. The van der Waals surface area contributed by atoms with Gasteiger partial charge in [-0.25, -0.2) is 17.5 Å². The Bertz CT molecular complexity index is 828. The number of benzene rings is 1. The highest BCUT2D eigenvalue weighted by Gasteiger charge is 2.30. The van der Waals surface area contributed by atoms with Crippen molar-refractivity contribution in [3.8, 4) is 5.75 Å². The first kappa shape index (κ1) is 17.9. The number of aromatic nitrogens is 1. The van der Waals surface area contributed by atoms with E-state index in [1.54, 1.807) is 13.0 Å². The van der Waals surface area contributed by atoms with Gasteiger partial charge in [0.1, 0.15) is 5.69 Å². The van der Waals surface area contributed by atoms with Crippen LogP contribution < -0.4 is 9.46 Å². The zero-order valence-electron chi connectivity index (χ0n) is 13.4. The van der Waals surface area contributed by atoms with Crippen LogP contribution in [0.15, 0.2) is 33.7 Å². The van der Waals surface area contributed by atoms with Gasteiger partial charge in [-0.05, 0) is 32.4 Å². The minimum atomic E-state index is -4.16. The third-order valence-corrected chi connectivity index (χ3v) is 4.83. The molecule has 1 amide bonds. The Balaban J connectivity index is 2.19. The van der Waals surface area contributed by atoms with Crippen molar-refractivity contribution in [1.82, 2.24) is 9.88 Å². The van der Waals surface area contributed by atoms with Gasteiger partial charge in [-0.15, -0.1) is 0 Å². The van der Waals surface area contributed by atoms with Gasteiger partial charge in [-0.3, -0.25) is 4.79 Å². The summed E-state index contributed by atoms with van der Waals surface area (Å²) in [7, 11) is -4.16. The summed E-state index contributed by atoms with van der Waals surface area (Å²) in [6, 6.07) is 5.56. The summed E-state index contributed by atoms with van der Waals surface area (Å²) in [5.74, 6) is -1.61. The molecular formula is C15H17FN2O5S. The summed E-state index contributed by atoms with van der Waals surface area (Å²) in [6.45, 7) is 4.49. The quantitative estimate of drug-likeness (QED) is 0.851. The smallest absolute Gasteiger partial charge is 0.274 e. The minimum absolute atomic E-state index is 0.0656. The molecular weight excluding hydrogens is 339 g/mol. The Morgan fingerprint density at radius 2 is 2.04 bits per heavy atom. The molecule has 7 nitrogen and oxygen atoms in total. The first-order valence-corrected chi connectivity index (χ1v) is 8.65. The molecule has 0 saturated carbocycles. The number of nitrogens with one attached hydrogen (secondary N) is 1. The molecule has 130 valence electrons. The number of carbonyl (C=O) groups excluding carboxylic acids is 1. The van der Waals surface area contributed by atoms with Crippen LogP contribution in [0.25, 0.3) is 0 Å². The van der Waals surface area contributed by atoms with E-state index in [0.29, 0.717) is 0 Å². The van der Waals surface area contributed by atoms with Crippen LogP contribution in [0.1, 0.15) is 24.8 Å². The zero-order valence-corrected chi connectivity index (χ0v) is 14.2. The van der Waals surface area contributed by atoms with Crippen LogP contribution in [-0.2, 0) is 14.8 Å². The van der Waals surface area contributed by atoms with Gasteiger partial charge in [-0.1, -0.05) is 24.2 Å². The Kier molecular flexibility index (Phi) is 5.23. The van der Waals surface area contributed by atoms with Crippen molar-refractivity contribution in [2.45, 2.75) is 38.2 Å². The average molecular weight is 356 g/mol. The molecule has 1 aromatic carbocycles. The maximum atomic E-state index is 13.6. The van der Waals surface area contributed by atoms with E-state index >= 15 is 0 Å². The maximum Gasteiger partial charge on any atom is 0.274 e. The van der Waals surface area contributed by atoms with Crippen LogP contribution in [0, 0.1) is 19.7 Å².